The van der Waals surface area contributed by atoms with Crippen molar-refractivity contribution in [3.05, 3.63) is 41.2 Å². The van der Waals surface area contributed by atoms with Crippen LogP contribution in [0.4, 0.5) is 10.1 Å². The Balaban J connectivity index is 2.02. The van der Waals surface area contributed by atoms with Crippen LogP contribution in [-0.4, -0.2) is 14.8 Å². The summed E-state index contributed by atoms with van der Waals surface area (Å²) in [6.45, 7) is 3.45. The fourth-order valence-corrected chi connectivity index (χ4v) is 1.79. The highest BCUT2D eigenvalue weighted by atomic mass is 35.5. The summed E-state index contributed by atoms with van der Waals surface area (Å²) in [6, 6.07) is 4.53. The normalized spacial score (nSPS) is 10.6. The third kappa shape index (κ3) is 2.98. The largest absolute Gasteiger partial charge is 0.378 e. The molecular formula is C12H14ClFN4. The van der Waals surface area contributed by atoms with Crippen molar-refractivity contribution in [1.29, 1.82) is 0 Å². The first-order chi connectivity index (χ1) is 8.70. The van der Waals surface area contributed by atoms with Crippen molar-refractivity contribution in [3.63, 3.8) is 0 Å². The van der Waals surface area contributed by atoms with Crippen LogP contribution < -0.4 is 5.32 Å². The third-order valence-electron chi connectivity index (χ3n) is 2.50. The average Bonchev–Trinajstić information content (AvgIpc) is 2.79. The molecule has 6 heteroatoms. The Kier molecular flexibility index (Phi) is 4.15. The number of anilines is 1. The lowest BCUT2D eigenvalue weighted by atomic mass is 10.3. The van der Waals surface area contributed by atoms with Crippen LogP contribution in [0.3, 0.4) is 0 Å². The topological polar surface area (TPSA) is 42.7 Å². The van der Waals surface area contributed by atoms with Gasteiger partial charge in [-0.05, 0) is 24.6 Å². The van der Waals surface area contributed by atoms with Crippen molar-refractivity contribution in [2.75, 3.05) is 5.32 Å². The smallest absolute Gasteiger partial charge is 0.146 e. The van der Waals surface area contributed by atoms with Gasteiger partial charge in [0.15, 0.2) is 0 Å². The molecule has 2 aromatic rings. The molecule has 0 spiro atoms. The molecule has 0 aliphatic carbocycles. The molecule has 0 radical (unpaired) electrons. The molecule has 0 fully saturated rings. The number of hydrogen-bond acceptors (Lipinski definition) is 3. The van der Waals surface area contributed by atoms with Crippen molar-refractivity contribution in [2.24, 2.45) is 0 Å². The first-order valence-electron chi connectivity index (χ1n) is 5.76. The number of rotatable bonds is 5. The number of benzene rings is 1. The summed E-state index contributed by atoms with van der Waals surface area (Å²) in [5, 5.41) is 7.38. The van der Waals surface area contributed by atoms with Gasteiger partial charge in [0, 0.05) is 12.2 Å². The number of aromatic nitrogens is 3. The number of aryl methyl sites for hydroxylation is 1. The first kappa shape index (κ1) is 12.8. The van der Waals surface area contributed by atoms with E-state index in [1.54, 1.807) is 12.1 Å². The predicted octanol–water partition coefficient (Wildman–Crippen LogP) is 3.09. The van der Waals surface area contributed by atoms with Crippen LogP contribution in [0, 0.1) is 5.82 Å². The quantitative estimate of drug-likeness (QED) is 0.906. The van der Waals surface area contributed by atoms with Gasteiger partial charge in [0.05, 0.1) is 11.6 Å². The lowest BCUT2D eigenvalue weighted by Gasteiger charge is -2.08. The predicted molar refractivity (Wildman–Crippen MR) is 69.0 cm³/mol. The van der Waals surface area contributed by atoms with Crippen molar-refractivity contribution in [2.45, 2.75) is 26.4 Å². The molecule has 1 heterocycles. The zero-order valence-electron chi connectivity index (χ0n) is 10.0. The van der Waals surface area contributed by atoms with Crippen LogP contribution in [0.25, 0.3) is 0 Å². The first-order valence-corrected chi connectivity index (χ1v) is 6.14. The van der Waals surface area contributed by atoms with Crippen molar-refractivity contribution >= 4 is 17.3 Å². The van der Waals surface area contributed by atoms with Gasteiger partial charge in [-0.1, -0.05) is 18.5 Å². The Morgan fingerprint density at radius 1 is 1.44 bits per heavy atom. The lowest BCUT2D eigenvalue weighted by Crippen LogP contribution is -2.10. The second kappa shape index (κ2) is 5.82. The molecule has 4 nitrogen and oxygen atoms in total. The van der Waals surface area contributed by atoms with Crippen molar-refractivity contribution in [3.8, 4) is 0 Å². The second-order valence-corrected chi connectivity index (χ2v) is 4.29. The molecule has 0 atom stereocenters. The molecule has 0 amide bonds. The van der Waals surface area contributed by atoms with Crippen LogP contribution in [0.2, 0.25) is 5.02 Å². The van der Waals surface area contributed by atoms with Crippen LogP contribution in [0.15, 0.2) is 24.5 Å². The highest BCUT2D eigenvalue weighted by Gasteiger charge is 2.04. The monoisotopic (exact) mass is 268 g/mol. The molecule has 2 rings (SSSR count). The zero-order chi connectivity index (χ0) is 13.0. The van der Waals surface area contributed by atoms with Crippen LogP contribution in [0.5, 0.6) is 0 Å². The van der Waals surface area contributed by atoms with E-state index in [0.29, 0.717) is 6.54 Å². The van der Waals surface area contributed by atoms with Crippen LogP contribution in [-0.2, 0) is 13.1 Å². The summed E-state index contributed by atoms with van der Waals surface area (Å²) >= 11 is 5.71. The number of nitrogens with one attached hydrogen (secondary N) is 1. The Bertz CT molecular complexity index is 527. The van der Waals surface area contributed by atoms with E-state index in [0.717, 1.165) is 24.5 Å². The summed E-state index contributed by atoms with van der Waals surface area (Å²) in [7, 11) is 0. The highest BCUT2D eigenvalue weighted by Crippen LogP contribution is 2.19. The molecular weight excluding hydrogens is 255 g/mol. The second-order valence-electron chi connectivity index (χ2n) is 3.88. The van der Waals surface area contributed by atoms with E-state index in [2.05, 4.69) is 22.3 Å². The average molecular weight is 269 g/mol. The number of hydrogen-bond donors (Lipinski definition) is 1. The summed E-state index contributed by atoms with van der Waals surface area (Å²) < 4.78 is 14.8. The molecule has 0 bridgehead atoms. The molecule has 0 unspecified atom stereocenters. The maximum atomic E-state index is 13.0. The molecule has 0 saturated carbocycles. The van der Waals surface area contributed by atoms with Gasteiger partial charge in [0.1, 0.15) is 18.0 Å². The van der Waals surface area contributed by atoms with Gasteiger partial charge >= 0.3 is 0 Å². The number of halogens is 2. The van der Waals surface area contributed by atoms with Gasteiger partial charge in [-0.25, -0.2) is 14.1 Å². The van der Waals surface area contributed by atoms with E-state index in [-0.39, 0.29) is 5.02 Å². The summed E-state index contributed by atoms with van der Waals surface area (Å²) in [5.74, 6) is 0.425. The zero-order valence-corrected chi connectivity index (χ0v) is 10.8. The summed E-state index contributed by atoms with van der Waals surface area (Å²) in [5.41, 5.74) is 0.757. The minimum atomic E-state index is -0.420. The standard InChI is InChI=1S/C12H14ClFN4/c1-2-5-18-12(16-8-17-18)7-15-9-3-4-11(14)10(13)6-9/h3-4,6,8,15H,2,5,7H2,1H3. The number of nitrogens with zero attached hydrogens (tertiary/aromatic N) is 3. The minimum Gasteiger partial charge on any atom is -0.378 e. The van der Waals surface area contributed by atoms with Gasteiger partial charge < -0.3 is 5.32 Å². The van der Waals surface area contributed by atoms with Gasteiger partial charge in [-0.2, -0.15) is 5.10 Å². The molecule has 18 heavy (non-hydrogen) atoms. The van der Waals surface area contributed by atoms with E-state index in [1.165, 1.54) is 12.4 Å². The van der Waals surface area contributed by atoms with Crippen molar-refractivity contribution in [1.82, 2.24) is 14.8 Å². The molecule has 0 aliphatic heterocycles. The third-order valence-corrected chi connectivity index (χ3v) is 2.79. The molecule has 1 N–H and O–H groups in total. The van der Waals surface area contributed by atoms with Crippen LogP contribution in [0.1, 0.15) is 19.2 Å². The van der Waals surface area contributed by atoms with Gasteiger partial charge in [-0.15, -0.1) is 0 Å². The summed E-state index contributed by atoms with van der Waals surface area (Å²) in [4.78, 5) is 4.17. The van der Waals surface area contributed by atoms with E-state index >= 15 is 0 Å². The fraction of sp³-hybridized carbons (Fsp3) is 0.333. The van der Waals surface area contributed by atoms with Crippen LogP contribution >= 0.6 is 11.6 Å². The summed E-state index contributed by atoms with van der Waals surface area (Å²) in [6.07, 6.45) is 2.53. The van der Waals surface area contributed by atoms with Gasteiger partial charge in [-0.3, -0.25) is 0 Å². The Hall–Kier alpha value is -1.62. The molecule has 0 aliphatic rings. The van der Waals surface area contributed by atoms with Gasteiger partial charge in [0.25, 0.3) is 0 Å². The Morgan fingerprint density at radius 3 is 3.00 bits per heavy atom. The molecule has 1 aromatic carbocycles. The fourth-order valence-electron chi connectivity index (χ4n) is 1.61. The molecule has 1 aromatic heterocycles. The minimum absolute atomic E-state index is 0.107. The Morgan fingerprint density at radius 2 is 2.28 bits per heavy atom. The molecule has 0 saturated heterocycles. The van der Waals surface area contributed by atoms with E-state index in [4.69, 9.17) is 11.6 Å². The molecule has 96 valence electrons. The SMILES string of the molecule is CCCn1ncnc1CNc1ccc(F)c(Cl)c1. The van der Waals surface area contributed by atoms with E-state index in [1.807, 2.05) is 4.68 Å². The maximum Gasteiger partial charge on any atom is 0.146 e. The van der Waals surface area contributed by atoms with E-state index < -0.39 is 5.82 Å². The van der Waals surface area contributed by atoms with E-state index in [9.17, 15) is 4.39 Å². The highest BCUT2D eigenvalue weighted by molar-refractivity contribution is 6.31. The van der Waals surface area contributed by atoms with Crippen molar-refractivity contribution < 1.29 is 4.39 Å². The van der Waals surface area contributed by atoms with Gasteiger partial charge in [0.2, 0.25) is 0 Å². The Labute approximate surface area is 110 Å². The lowest BCUT2D eigenvalue weighted by molar-refractivity contribution is 0.574. The maximum absolute atomic E-state index is 13.0.